The van der Waals surface area contributed by atoms with Crippen LogP contribution in [0.4, 0.5) is 5.69 Å². The lowest BCUT2D eigenvalue weighted by atomic mass is 10.3. The average Bonchev–Trinajstić information content (AvgIpc) is 2.57. The van der Waals surface area contributed by atoms with E-state index >= 15 is 0 Å². The summed E-state index contributed by atoms with van der Waals surface area (Å²) in [5, 5.41) is 9.81. The van der Waals surface area contributed by atoms with Crippen LogP contribution in [0, 0.1) is 0 Å². The Labute approximate surface area is 98.8 Å². The van der Waals surface area contributed by atoms with Gasteiger partial charge in [0, 0.05) is 11.4 Å². The number of hydrogen-bond acceptors (Lipinski definition) is 4. The number of anilines is 1. The molecule has 8 heteroatoms. The van der Waals surface area contributed by atoms with Gasteiger partial charge in [0.05, 0.1) is 18.1 Å². The van der Waals surface area contributed by atoms with E-state index < -0.39 is 10.2 Å². The molecule has 3 N–H and O–H groups in total. The molecule has 0 bridgehead atoms. The van der Waals surface area contributed by atoms with Crippen LogP contribution in [-0.2, 0) is 10.2 Å². The summed E-state index contributed by atoms with van der Waals surface area (Å²) in [4.78, 5) is 4.16. The molecule has 0 fully saturated rings. The predicted molar refractivity (Wildman–Crippen MR) is 64.6 cm³/mol. The molecule has 92 valence electrons. The number of nitrogens with two attached hydrogens (primary N) is 1. The Morgan fingerprint density at radius 1 is 1.41 bits per heavy atom. The number of hydrogen-bond donors (Lipinski definition) is 2. The summed E-state index contributed by atoms with van der Waals surface area (Å²) in [7, 11) is -3.77. The van der Waals surface area contributed by atoms with E-state index in [0.717, 1.165) is 5.39 Å². The maximum Gasteiger partial charge on any atom is 0.296 e. The van der Waals surface area contributed by atoms with Crippen LogP contribution in [0.25, 0.3) is 11.0 Å². The van der Waals surface area contributed by atoms with E-state index in [1.807, 2.05) is 13.8 Å². The van der Waals surface area contributed by atoms with Crippen molar-refractivity contribution in [2.24, 2.45) is 5.14 Å². The average molecular weight is 255 g/mol. The van der Waals surface area contributed by atoms with Crippen LogP contribution >= 0.6 is 0 Å². The van der Waals surface area contributed by atoms with Crippen molar-refractivity contribution in [2.45, 2.75) is 19.9 Å². The number of rotatable bonds is 3. The Hall–Kier alpha value is -1.67. The summed E-state index contributed by atoms with van der Waals surface area (Å²) < 4.78 is 25.7. The third-order valence-corrected chi connectivity index (χ3v) is 2.70. The van der Waals surface area contributed by atoms with E-state index in [9.17, 15) is 8.42 Å². The lowest BCUT2D eigenvalue weighted by Gasteiger charge is -2.06. The topological polar surface area (TPSA) is 103 Å². The number of fused-ring (bicyclic) bond motifs is 1. The molecule has 0 atom stereocenters. The molecule has 0 amide bonds. The predicted octanol–water partition coefficient (Wildman–Crippen LogP) is 0.628. The summed E-state index contributed by atoms with van der Waals surface area (Å²) in [6.45, 7) is 3.98. The molecule has 0 radical (unpaired) electrons. The fourth-order valence-corrected chi connectivity index (χ4v) is 1.98. The number of nitrogens with zero attached hydrogens (tertiary/aromatic N) is 3. The van der Waals surface area contributed by atoms with Crippen LogP contribution in [-0.4, -0.2) is 23.2 Å². The second-order valence-corrected chi connectivity index (χ2v) is 5.26. The van der Waals surface area contributed by atoms with Gasteiger partial charge in [-0.05, 0) is 19.9 Å². The Morgan fingerprint density at radius 2 is 2.12 bits per heavy atom. The molecular weight excluding hydrogens is 242 g/mol. The van der Waals surface area contributed by atoms with Gasteiger partial charge in [0.2, 0.25) is 0 Å². The lowest BCUT2D eigenvalue weighted by molar-refractivity contribution is 0.546. The van der Waals surface area contributed by atoms with Gasteiger partial charge in [-0.1, -0.05) is 0 Å². The van der Waals surface area contributed by atoms with Crippen LogP contribution in [0.15, 0.2) is 18.5 Å². The molecule has 2 rings (SSSR count). The van der Waals surface area contributed by atoms with Crippen LogP contribution in [0.5, 0.6) is 0 Å². The molecule has 0 aromatic carbocycles. The van der Waals surface area contributed by atoms with Crippen molar-refractivity contribution in [1.82, 2.24) is 14.8 Å². The third-order valence-electron chi connectivity index (χ3n) is 2.18. The molecule has 0 spiro atoms. The van der Waals surface area contributed by atoms with Gasteiger partial charge in [0.25, 0.3) is 10.2 Å². The summed E-state index contributed by atoms with van der Waals surface area (Å²) in [6.07, 6.45) is 3.05. The zero-order valence-corrected chi connectivity index (χ0v) is 10.3. The van der Waals surface area contributed by atoms with Gasteiger partial charge in [-0.2, -0.15) is 13.5 Å². The maximum absolute atomic E-state index is 10.9. The first-order valence-electron chi connectivity index (χ1n) is 5.00. The SMILES string of the molecule is CC(C)n1ncc2cc(NS(N)(=O)=O)cnc21. The minimum Gasteiger partial charge on any atom is -0.270 e. The maximum atomic E-state index is 10.9. The summed E-state index contributed by atoms with van der Waals surface area (Å²) in [6, 6.07) is 1.83. The summed E-state index contributed by atoms with van der Waals surface area (Å²) >= 11 is 0. The largest absolute Gasteiger partial charge is 0.296 e. The van der Waals surface area contributed by atoms with E-state index in [2.05, 4.69) is 14.8 Å². The Bertz CT molecular complexity index is 646. The molecule has 0 aliphatic heterocycles. The lowest BCUT2D eigenvalue weighted by Crippen LogP contribution is -2.21. The molecule has 17 heavy (non-hydrogen) atoms. The summed E-state index contributed by atoms with van der Waals surface area (Å²) in [5.74, 6) is 0. The van der Waals surface area contributed by atoms with Crippen LogP contribution < -0.4 is 9.86 Å². The third kappa shape index (κ3) is 2.53. The molecule has 2 aromatic heterocycles. The zero-order chi connectivity index (χ0) is 12.6. The first-order chi connectivity index (χ1) is 7.87. The smallest absolute Gasteiger partial charge is 0.270 e. The Kier molecular flexibility index (Phi) is 2.76. The van der Waals surface area contributed by atoms with Gasteiger partial charge in [-0.3, -0.25) is 4.72 Å². The van der Waals surface area contributed by atoms with Gasteiger partial charge >= 0.3 is 0 Å². The van der Waals surface area contributed by atoms with Crippen LogP contribution in [0.2, 0.25) is 0 Å². The van der Waals surface area contributed by atoms with Crippen molar-refractivity contribution < 1.29 is 8.42 Å². The summed E-state index contributed by atoms with van der Waals surface area (Å²) in [5.41, 5.74) is 1.03. The number of aromatic nitrogens is 3. The van der Waals surface area contributed by atoms with Gasteiger partial charge in [-0.25, -0.2) is 14.8 Å². The minimum absolute atomic E-state index is 0.192. The first-order valence-corrected chi connectivity index (χ1v) is 6.55. The second kappa shape index (κ2) is 3.97. The van der Waals surface area contributed by atoms with Crippen LogP contribution in [0.3, 0.4) is 0 Å². The standard InChI is InChI=1S/C9H13N5O2S/c1-6(2)14-9-7(4-12-14)3-8(5-11-9)13-17(10,15)16/h3-6,13H,1-2H3,(H2,10,15,16). The molecule has 2 heterocycles. The van der Waals surface area contributed by atoms with Gasteiger partial charge in [0.1, 0.15) is 0 Å². The fourth-order valence-electron chi connectivity index (χ4n) is 1.54. The van der Waals surface area contributed by atoms with Gasteiger partial charge in [-0.15, -0.1) is 0 Å². The minimum atomic E-state index is -3.77. The molecule has 0 saturated heterocycles. The molecule has 2 aromatic rings. The highest BCUT2D eigenvalue weighted by Crippen LogP contribution is 2.19. The van der Waals surface area contributed by atoms with Gasteiger partial charge in [0.15, 0.2) is 5.65 Å². The highest BCUT2D eigenvalue weighted by atomic mass is 32.2. The first kappa shape index (κ1) is 11.8. The highest BCUT2D eigenvalue weighted by molar-refractivity contribution is 7.90. The second-order valence-electron chi connectivity index (χ2n) is 3.97. The molecule has 0 saturated carbocycles. The van der Waals surface area contributed by atoms with E-state index in [4.69, 9.17) is 5.14 Å². The molecule has 0 unspecified atom stereocenters. The van der Waals surface area contributed by atoms with E-state index in [0.29, 0.717) is 11.3 Å². The van der Waals surface area contributed by atoms with Crippen molar-refractivity contribution in [3.8, 4) is 0 Å². The normalized spacial score (nSPS) is 12.2. The van der Waals surface area contributed by atoms with E-state index in [-0.39, 0.29) is 6.04 Å². The fraction of sp³-hybridized carbons (Fsp3) is 0.333. The van der Waals surface area contributed by atoms with Crippen molar-refractivity contribution in [2.75, 3.05) is 4.72 Å². The van der Waals surface area contributed by atoms with Crippen molar-refractivity contribution in [3.05, 3.63) is 18.5 Å². The van der Waals surface area contributed by atoms with Crippen molar-refractivity contribution in [3.63, 3.8) is 0 Å². The van der Waals surface area contributed by atoms with E-state index in [1.165, 1.54) is 6.20 Å². The number of pyridine rings is 1. The number of nitrogens with one attached hydrogen (secondary N) is 1. The monoisotopic (exact) mass is 255 g/mol. The molecular formula is C9H13N5O2S. The zero-order valence-electron chi connectivity index (χ0n) is 9.45. The van der Waals surface area contributed by atoms with Gasteiger partial charge < -0.3 is 0 Å². The van der Waals surface area contributed by atoms with Crippen molar-refractivity contribution in [1.29, 1.82) is 0 Å². The Balaban J connectivity index is 2.46. The van der Waals surface area contributed by atoms with E-state index in [1.54, 1.807) is 16.9 Å². The Morgan fingerprint density at radius 3 is 2.71 bits per heavy atom. The highest BCUT2D eigenvalue weighted by Gasteiger charge is 2.09. The molecule has 0 aliphatic carbocycles. The molecule has 7 nitrogen and oxygen atoms in total. The van der Waals surface area contributed by atoms with Crippen molar-refractivity contribution >= 4 is 26.9 Å². The quantitative estimate of drug-likeness (QED) is 0.839. The van der Waals surface area contributed by atoms with Crippen LogP contribution in [0.1, 0.15) is 19.9 Å². The molecule has 0 aliphatic rings.